The molecule has 0 spiro atoms. The number of benzene rings is 1. The van der Waals surface area contributed by atoms with Gasteiger partial charge in [0, 0.05) is 31.9 Å². The third-order valence-electron chi connectivity index (χ3n) is 5.55. The summed E-state index contributed by atoms with van der Waals surface area (Å²) in [4.78, 5) is 28.1. The van der Waals surface area contributed by atoms with Gasteiger partial charge in [0.2, 0.25) is 5.91 Å². The number of fused-ring (bicyclic) bond motifs is 2. The van der Waals surface area contributed by atoms with Gasteiger partial charge in [0.05, 0.1) is 6.42 Å². The summed E-state index contributed by atoms with van der Waals surface area (Å²) in [5.41, 5.74) is 2.07. The van der Waals surface area contributed by atoms with E-state index in [9.17, 15) is 9.59 Å². The van der Waals surface area contributed by atoms with E-state index in [1.807, 2.05) is 29.2 Å². The fraction of sp³-hybridized carbons (Fsp3) is 0.556. The maximum Gasteiger partial charge on any atom is 0.317 e. The number of hydrogen-bond acceptors (Lipinski definition) is 2. The Hall–Kier alpha value is -2.04. The van der Waals surface area contributed by atoms with E-state index in [0.29, 0.717) is 31.3 Å². The third kappa shape index (κ3) is 2.69. The van der Waals surface area contributed by atoms with Crippen LogP contribution in [0.15, 0.2) is 24.3 Å². The molecule has 3 aliphatic rings. The first-order chi connectivity index (χ1) is 11.2. The van der Waals surface area contributed by atoms with Gasteiger partial charge in [0.15, 0.2) is 0 Å². The van der Waals surface area contributed by atoms with Crippen molar-refractivity contribution in [2.24, 2.45) is 11.8 Å². The Kier molecular flexibility index (Phi) is 3.71. The van der Waals surface area contributed by atoms with E-state index in [1.54, 1.807) is 4.90 Å². The monoisotopic (exact) mass is 313 g/mol. The largest absolute Gasteiger partial charge is 0.336 e. The van der Waals surface area contributed by atoms with E-state index in [2.05, 4.69) is 5.32 Å². The normalized spacial score (nSPS) is 25.7. The zero-order valence-corrected chi connectivity index (χ0v) is 13.3. The van der Waals surface area contributed by atoms with Crippen LogP contribution in [0.1, 0.15) is 24.8 Å². The number of carbonyl (C=O) groups excluding carboxylic acids is 2. The Morgan fingerprint density at radius 1 is 1.17 bits per heavy atom. The number of likely N-dealkylation sites (tertiary alicyclic amines) is 1. The van der Waals surface area contributed by atoms with Crippen LogP contribution in [0.2, 0.25) is 0 Å². The van der Waals surface area contributed by atoms with E-state index < -0.39 is 0 Å². The van der Waals surface area contributed by atoms with Crippen LogP contribution in [0.5, 0.6) is 0 Å². The van der Waals surface area contributed by atoms with Gasteiger partial charge in [-0.2, -0.15) is 0 Å². The highest BCUT2D eigenvalue weighted by atomic mass is 16.2. The minimum atomic E-state index is 0.0272. The Morgan fingerprint density at radius 2 is 1.91 bits per heavy atom. The molecule has 2 atom stereocenters. The molecule has 5 heteroatoms. The summed E-state index contributed by atoms with van der Waals surface area (Å²) >= 11 is 0. The fourth-order valence-corrected chi connectivity index (χ4v) is 4.35. The number of para-hydroxylation sites is 1. The second kappa shape index (κ2) is 5.87. The molecule has 0 radical (unpaired) electrons. The lowest BCUT2D eigenvalue weighted by Crippen LogP contribution is -2.43. The number of nitrogens with one attached hydrogen (secondary N) is 1. The molecule has 0 bridgehead atoms. The van der Waals surface area contributed by atoms with Crippen LogP contribution in [-0.2, 0) is 11.2 Å². The molecule has 0 aromatic heterocycles. The number of rotatable bonds is 3. The van der Waals surface area contributed by atoms with Crippen LogP contribution in [0.3, 0.4) is 0 Å². The molecule has 122 valence electrons. The molecule has 2 aliphatic heterocycles. The Morgan fingerprint density at radius 3 is 2.70 bits per heavy atom. The predicted octanol–water partition coefficient (Wildman–Crippen LogP) is 2.02. The zero-order chi connectivity index (χ0) is 15.8. The van der Waals surface area contributed by atoms with Crippen LogP contribution in [0.4, 0.5) is 10.5 Å². The Balaban J connectivity index is 1.29. The number of nitrogens with zero attached hydrogens (tertiary/aromatic N) is 2. The molecule has 1 N–H and O–H groups in total. The minimum absolute atomic E-state index is 0.0272. The van der Waals surface area contributed by atoms with E-state index in [0.717, 1.165) is 24.3 Å². The first kappa shape index (κ1) is 14.5. The van der Waals surface area contributed by atoms with Crippen molar-refractivity contribution in [1.82, 2.24) is 10.2 Å². The summed E-state index contributed by atoms with van der Waals surface area (Å²) in [5, 5.41) is 2.99. The molecule has 1 aromatic rings. The Labute approximate surface area is 136 Å². The van der Waals surface area contributed by atoms with Crippen molar-refractivity contribution in [3.63, 3.8) is 0 Å². The molecule has 2 fully saturated rings. The molecule has 0 unspecified atom stereocenters. The summed E-state index contributed by atoms with van der Waals surface area (Å²) < 4.78 is 0. The van der Waals surface area contributed by atoms with Gasteiger partial charge in [-0.05, 0) is 36.3 Å². The molecule has 5 nitrogen and oxygen atoms in total. The maximum atomic E-state index is 12.3. The average Bonchev–Trinajstić information content (AvgIpc) is 3.20. The van der Waals surface area contributed by atoms with Crippen LogP contribution < -0.4 is 10.2 Å². The highest BCUT2D eigenvalue weighted by Crippen LogP contribution is 2.37. The van der Waals surface area contributed by atoms with E-state index in [4.69, 9.17) is 0 Å². The van der Waals surface area contributed by atoms with E-state index in [1.165, 1.54) is 19.3 Å². The topological polar surface area (TPSA) is 52.7 Å². The van der Waals surface area contributed by atoms with Crippen molar-refractivity contribution < 1.29 is 9.59 Å². The summed E-state index contributed by atoms with van der Waals surface area (Å²) in [6, 6.07) is 7.91. The molecule has 1 saturated heterocycles. The molecule has 2 heterocycles. The highest BCUT2D eigenvalue weighted by Gasteiger charge is 2.38. The molecule has 1 aromatic carbocycles. The van der Waals surface area contributed by atoms with Gasteiger partial charge in [-0.1, -0.05) is 24.6 Å². The molecular formula is C18H23N3O2. The van der Waals surface area contributed by atoms with Gasteiger partial charge in [0.25, 0.3) is 0 Å². The molecule has 23 heavy (non-hydrogen) atoms. The van der Waals surface area contributed by atoms with E-state index >= 15 is 0 Å². The van der Waals surface area contributed by atoms with Crippen LogP contribution in [-0.4, -0.2) is 43.0 Å². The van der Waals surface area contributed by atoms with E-state index in [-0.39, 0.29) is 11.9 Å². The van der Waals surface area contributed by atoms with Gasteiger partial charge in [-0.15, -0.1) is 0 Å². The molecule has 4 rings (SSSR count). The average molecular weight is 313 g/mol. The van der Waals surface area contributed by atoms with Crippen LogP contribution in [0.25, 0.3) is 0 Å². The van der Waals surface area contributed by atoms with Gasteiger partial charge >= 0.3 is 6.03 Å². The highest BCUT2D eigenvalue weighted by molar-refractivity contribution is 6.01. The van der Waals surface area contributed by atoms with Crippen molar-refractivity contribution >= 4 is 17.6 Å². The predicted molar refractivity (Wildman–Crippen MR) is 88.3 cm³/mol. The summed E-state index contributed by atoms with van der Waals surface area (Å²) in [5.74, 6) is 1.55. The maximum absolute atomic E-state index is 12.3. The summed E-state index contributed by atoms with van der Waals surface area (Å²) in [7, 11) is 0. The third-order valence-corrected chi connectivity index (χ3v) is 5.55. The number of amides is 3. The second-order valence-corrected chi connectivity index (χ2v) is 6.94. The van der Waals surface area contributed by atoms with Gasteiger partial charge in [0.1, 0.15) is 0 Å². The first-order valence-electron chi connectivity index (χ1n) is 8.63. The number of urea groups is 1. The van der Waals surface area contributed by atoms with Crippen molar-refractivity contribution in [1.29, 1.82) is 0 Å². The zero-order valence-electron chi connectivity index (χ0n) is 13.3. The fourth-order valence-electron chi connectivity index (χ4n) is 4.35. The SMILES string of the molecule is O=C(NCCN1C(=O)Cc2ccccc21)N1C[C@@H]2CCC[C@H]2C1. The number of carbonyl (C=O) groups is 2. The molecular weight excluding hydrogens is 290 g/mol. The van der Waals surface area contributed by atoms with Crippen molar-refractivity contribution in [2.45, 2.75) is 25.7 Å². The van der Waals surface area contributed by atoms with Crippen LogP contribution in [0, 0.1) is 11.8 Å². The quantitative estimate of drug-likeness (QED) is 0.928. The van der Waals surface area contributed by atoms with Gasteiger partial charge in [-0.25, -0.2) is 4.79 Å². The summed E-state index contributed by atoms with van der Waals surface area (Å²) in [6.45, 7) is 2.86. The summed E-state index contributed by atoms with van der Waals surface area (Å²) in [6.07, 6.45) is 4.34. The molecule has 1 aliphatic carbocycles. The van der Waals surface area contributed by atoms with Crippen molar-refractivity contribution in [3.05, 3.63) is 29.8 Å². The lowest BCUT2D eigenvalue weighted by atomic mass is 10.0. The Bertz CT molecular complexity index is 618. The van der Waals surface area contributed by atoms with Crippen molar-refractivity contribution in [3.8, 4) is 0 Å². The smallest absolute Gasteiger partial charge is 0.317 e. The number of hydrogen-bond donors (Lipinski definition) is 1. The molecule has 3 amide bonds. The van der Waals surface area contributed by atoms with Crippen molar-refractivity contribution in [2.75, 3.05) is 31.1 Å². The first-order valence-corrected chi connectivity index (χ1v) is 8.63. The lowest BCUT2D eigenvalue weighted by molar-refractivity contribution is -0.117. The van der Waals surface area contributed by atoms with Crippen LogP contribution >= 0.6 is 0 Å². The standard InChI is InChI=1S/C18H23N3O2/c22-17-10-13-4-1-2-7-16(13)21(17)9-8-19-18(23)20-11-14-5-3-6-15(14)12-20/h1-2,4,7,14-15H,3,5-6,8-12H2,(H,19,23)/t14-,15-/m0/s1. The molecule has 1 saturated carbocycles. The lowest BCUT2D eigenvalue weighted by Gasteiger charge is -2.21. The number of anilines is 1. The minimum Gasteiger partial charge on any atom is -0.336 e. The van der Waals surface area contributed by atoms with Gasteiger partial charge in [-0.3, -0.25) is 4.79 Å². The van der Waals surface area contributed by atoms with Gasteiger partial charge < -0.3 is 15.1 Å². The second-order valence-electron chi connectivity index (χ2n) is 6.94.